The zero-order chi connectivity index (χ0) is 9.84. The van der Waals surface area contributed by atoms with Crippen molar-refractivity contribution in [2.75, 3.05) is 0 Å². The second kappa shape index (κ2) is 4.73. The van der Waals surface area contributed by atoms with Crippen molar-refractivity contribution in [2.24, 2.45) is 0 Å². The minimum absolute atomic E-state index is 0.238. The first-order chi connectivity index (χ1) is 6.22. The average molecular weight is 219 g/mol. The Bertz CT molecular complexity index is 272. The molecule has 13 heavy (non-hydrogen) atoms. The topological polar surface area (TPSA) is 20.2 Å². The lowest BCUT2D eigenvalue weighted by atomic mass is 10.0. The van der Waals surface area contributed by atoms with Crippen molar-refractivity contribution in [3.05, 3.63) is 28.8 Å². The van der Waals surface area contributed by atoms with Gasteiger partial charge in [0.2, 0.25) is 0 Å². The van der Waals surface area contributed by atoms with Gasteiger partial charge in [0.25, 0.3) is 0 Å². The number of aromatic hydroxyl groups is 1. The average Bonchev–Trinajstić information content (AvgIpc) is 2.18. The van der Waals surface area contributed by atoms with Gasteiger partial charge in [-0.15, -0.1) is 23.2 Å². The Morgan fingerprint density at radius 1 is 1.15 bits per heavy atom. The maximum absolute atomic E-state index is 9.64. The van der Waals surface area contributed by atoms with Crippen LogP contribution < -0.4 is 0 Å². The number of aryl methyl sites for hydroxylation is 1. The van der Waals surface area contributed by atoms with Crippen LogP contribution in [0.1, 0.15) is 23.6 Å². The van der Waals surface area contributed by atoms with Crippen LogP contribution in [0.2, 0.25) is 0 Å². The van der Waals surface area contributed by atoms with E-state index in [0.717, 1.165) is 23.1 Å². The van der Waals surface area contributed by atoms with E-state index in [9.17, 15) is 5.11 Å². The molecule has 0 unspecified atom stereocenters. The molecule has 1 aromatic carbocycles. The lowest BCUT2D eigenvalue weighted by Crippen LogP contribution is -1.91. The van der Waals surface area contributed by atoms with E-state index in [1.165, 1.54) is 0 Å². The van der Waals surface area contributed by atoms with E-state index in [1.807, 2.05) is 12.1 Å². The van der Waals surface area contributed by atoms with Crippen molar-refractivity contribution in [3.63, 3.8) is 0 Å². The van der Waals surface area contributed by atoms with Crippen molar-refractivity contribution < 1.29 is 5.11 Å². The van der Waals surface area contributed by atoms with Gasteiger partial charge in [0.05, 0.1) is 11.8 Å². The summed E-state index contributed by atoms with van der Waals surface area (Å²) in [7, 11) is 0. The molecule has 1 aromatic rings. The summed E-state index contributed by atoms with van der Waals surface area (Å²) in [6, 6.07) is 3.83. The molecule has 0 aliphatic heterocycles. The summed E-state index contributed by atoms with van der Waals surface area (Å²) >= 11 is 11.4. The second-order valence-corrected chi connectivity index (χ2v) is 3.42. The van der Waals surface area contributed by atoms with Crippen LogP contribution in [-0.2, 0) is 18.2 Å². The summed E-state index contributed by atoms with van der Waals surface area (Å²) in [4.78, 5) is 0. The lowest BCUT2D eigenvalue weighted by molar-refractivity contribution is 0.465. The fourth-order valence-electron chi connectivity index (χ4n) is 1.24. The molecule has 0 aromatic heterocycles. The van der Waals surface area contributed by atoms with Crippen LogP contribution in [0, 0.1) is 0 Å². The van der Waals surface area contributed by atoms with Crippen LogP contribution in [0.25, 0.3) is 0 Å². The Morgan fingerprint density at radius 2 is 1.62 bits per heavy atom. The largest absolute Gasteiger partial charge is 0.507 e. The Kier molecular flexibility index (Phi) is 3.89. The van der Waals surface area contributed by atoms with Gasteiger partial charge in [-0.1, -0.05) is 19.1 Å². The molecule has 0 saturated carbocycles. The minimum Gasteiger partial charge on any atom is -0.507 e. The van der Waals surface area contributed by atoms with Gasteiger partial charge in [-0.25, -0.2) is 0 Å². The Labute approximate surface area is 88.3 Å². The van der Waals surface area contributed by atoms with E-state index >= 15 is 0 Å². The number of benzene rings is 1. The van der Waals surface area contributed by atoms with E-state index in [1.54, 1.807) is 0 Å². The molecule has 0 aliphatic rings. The van der Waals surface area contributed by atoms with E-state index < -0.39 is 0 Å². The van der Waals surface area contributed by atoms with Crippen molar-refractivity contribution in [2.45, 2.75) is 25.1 Å². The van der Waals surface area contributed by atoms with Gasteiger partial charge in [-0.2, -0.15) is 0 Å². The molecule has 0 fully saturated rings. The molecule has 1 rings (SSSR count). The Morgan fingerprint density at radius 3 is 1.92 bits per heavy atom. The first kappa shape index (κ1) is 10.7. The maximum Gasteiger partial charge on any atom is 0.124 e. The van der Waals surface area contributed by atoms with Gasteiger partial charge < -0.3 is 5.11 Å². The van der Waals surface area contributed by atoms with E-state index in [0.29, 0.717) is 11.8 Å². The van der Waals surface area contributed by atoms with Gasteiger partial charge in [-0.3, -0.25) is 0 Å². The van der Waals surface area contributed by atoms with Gasteiger partial charge in [0, 0.05) is 11.1 Å². The molecule has 1 N–H and O–H groups in total. The van der Waals surface area contributed by atoms with Crippen LogP contribution in [0.15, 0.2) is 12.1 Å². The van der Waals surface area contributed by atoms with Gasteiger partial charge >= 0.3 is 0 Å². The number of phenols is 1. The van der Waals surface area contributed by atoms with Gasteiger partial charge in [-0.05, 0) is 12.0 Å². The smallest absolute Gasteiger partial charge is 0.124 e. The molecule has 0 bridgehead atoms. The highest BCUT2D eigenvalue weighted by atomic mass is 35.5. The molecule has 0 amide bonds. The molecule has 0 aliphatic carbocycles. The summed E-state index contributed by atoms with van der Waals surface area (Å²) in [6.45, 7) is 2.06. The predicted octanol–water partition coefficient (Wildman–Crippen LogP) is 3.43. The molecule has 0 saturated heterocycles. The van der Waals surface area contributed by atoms with Crippen LogP contribution in [-0.4, -0.2) is 5.11 Å². The fourth-order valence-corrected chi connectivity index (χ4v) is 1.65. The molecule has 3 heteroatoms. The van der Waals surface area contributed by atoms with E-state index in [2.05, 4.69) is 6.92 Å². The van der Waals surface area contributed by atoms with Crippen LogP contribution >= 0.6 is 23.2 Å². The summed E-state index contributed by atoms with van der Waals surface area (Å²) in [5.74, 6) is 0.884. The fraction of sp³-hybridized carbons (Fsp3) is 0.400. The van der Waals surface area contributed by atoms with E-state index in [-0.39, 0.29) is 5.75 Å². The molecule has 0 atom stereocenters. The number of hydrogen-bond acceptors (Lipinski definition) is 1. The highest BCUT2D eigenvalue weighted by Gasteiger charge is 2.07. The first-order valence-electron chi connectivity index (χ1n) is 4.18. The molecule has 1 nitrogen and oxygen atoms in total. The van der Waals surface area contributed by atoms with Gasteiger partial charge in [0.15, 0.2) is 0 Å². The Hall–Kier alpha value is -0.400. The quantitative estimate of drug-likeness (QED) is 0.772. The molecular formula is C10H12Cl2O. The summed E-state index contributed by atoms with van der Waals surface area (Å²) in [5, 5.41) is 9.64. The zero-order valence-corrected chi connectivity index (χ0v) is 8.99. The van der Waals surface area contributed by atoms with Crippen LogP contribution in [0.3, 0.4) is 0 Å². The third kappa shape index (κ3) is 2.29. The van der Waals surface area contributed by atoms with Crippen LogP contribution in [0.4, 0.5) is 0 Å². The number of hydrogen-bond donors (Lipinski definition) is 1. The summed E-state index contributed by atoms with van der Waals surface area (Å²) in [5.41, 5.74) is 2.68. The summed E-state index contributed by atoms with van der Waals surface area (Å²) in [6.07, 6.45) is 0.925. The first-order valence-corrected chi connectivity index (χ1v) is 5.25. The summed E-state index contributed by atoms with van der Waals surface area (Å²) < 4.78 is 0. The minimum atomic E-state index is 0.238. The highest BCUT2D eigenvalue weighted by Crippen LogP contribution is 2.27. The Balaban J connectivity index is 3.20. The van der Waals surface area contributed by atoms with Crippen LogP contribution in [0.5, 0.6) is 5.75 Å². The third-order valence-corrected chi connectivity index (χ3v) is 2.60. The third-order valence-electron chi connectivity index (χ3n) is 2.02. The molecule has 0 spiro atoms. The molecule has 0 heterocycles. The van der Waals surface area contributed by atoms with E-state index in [4.69, 9.17) is 23.2 Å². The number of phenolic OH excluding ortho intramolecular Hbond substituents is 1. The SMILES string of the molecule is CCc1cc(CCl)c(O)c(CCl)c1. The molecule has 72 valence electrons. The lowest BCUT2D eigenvalue weighted by Gasteiger charge is -2.08. The number of rotatable bonds is 3. The van der Waals surface area contributed by atoms with Crippen molar-refractivity contribution in [1.29, 1.82) is 0 Å². The highest BCUT2D eigenvalue weighted by molar-refractivity contribution is 6.18. The normalized spacial score (nSPS) is 10.4. The molecular weight excluding hydrogens is 207 g/mol. The standard InChI is InChI=1S/C10H12Cl2O/c1-2-7-3-8(5-11)10(13)9(4-7)6-12/h3-4,13H,2,5-6H2,1H3. The number of halogens is 2. The zero-order valence-electron chi connectivity index (χ0n) is 7.48. The van der Waals surface area contributed by atoms with Gasteiger partial charge in [0.1, 0.15) is 5.75 Å². The maximum atomic E-state index is 9.64. The van der Waals surface area contributed by atoms with Crippen molar-refractivity contribution in [3.8, 4) is 5.75 Å². The second-order valence-electron chi connectivity index (χ2n) is 2.88. The molecule has 0 radical (unpaired) electrons. The predicted molar refractivity (Wildman–Crippen MR) is 56.6 cm³/mol. The van der Waals surface area contributed by atoms with Crippen molar-refractivity contribution in [1.82, 2.24) is 0 Å². The number of alkyl halides is 2. The monoisotopic (exact) mass is 218 g/mol. The van der Waals surface area contributed by atoms with Crippen molar-refractivity contribution >= 4 is 23.2 Å².